The molecule has 0 radical (unpaired) electrons. The van der Waals surface area contributed by atoms with E-state index in [-0.39, 0.29) is 0 Å². The van der Waals surface area contributed by atoms with E-state index in [2.05, 4.69) is 48.3 Å². The second-order valence-corrected chi connectivity index (χ2v) is 7.19. The number of aromatic nitrogens is 1. The molecule has 0 saturated heterocycles. The molecule has 1 aromatic heterocycles. The van der Waals surface area contributed by atoms with Crippen LogP contribution in [0.15, 0.2) is 27.7 Å². The maximum atomic E-state index is 5.46. The van der Waals surface area contributed by atoms with Gasteiger partial charge in [0.15, 0.2) is 23.2 Å². The number of guanidine groups is 1. The Balaban J connectivity index is 1.77. The van der Waals surface area contributed by atoms with Crippen molar-refractivity contribution >= 4 is 5.96 Å². The van der Waals surface area contributed by atoms with E-state index in [9.17, 15) is 0 Å². The van der Waals surface area contributed by atoms with Crippen LogP contribution in [0.25, 0.3) is 0 Å². The third-order valence-electron chi connectivity index (χ3n) is 4.91. The van der Waals surface area contributed by atoms with E-state index in [0.29, 0.717) is 12.5 Å². The molecule has 0 atom stereocenters. The molecule has 1 aliphatic rings. The molecule has 0 unspecified atom stereocenters. The Morgan fingerprint density at radius 3 is 2.54 bits per heavy atom. The van der Waals surface area contributed by atoms with E-state index in [1.165, 1.54) is 11.1 Å². The first-order chi connectivity index (χ1) is 13.5. The summed E-state index contributed by atoms with van der Waals surface area (Å²) in [6, 6.07) is 6.13. The number of benzene rings is 1. The number of ether oxygens (including phenoxy) is 2. The van der Waals surface area contributed by atoms with Crippen LogP contribution in [0.2, 0.25) is 0 Å². The molecule has 0 bridgehead atoms. The Morgan fingerprint density at radius 2 is 1.93 bits per heavy atom. The molecule has 0 spiro atoms. The van der Waals surface area contributed by atoms with Gasteiger partial charge in [0, 0.05) is 25.7 Å². The molecule has 2 heterocycles. The largest absolute Gasteiger partial charge is 0.493 e. The van der Waals surface area contributed by atoms with Crippen LogP contribution in [0.4, 0.5) is 0 Å². The Hall–Kier alpha value is -2.70. The van der Waals surface area contributed by atoms with E-state index in [0.717, 1.165) is 55.0 Å². The van der Waals surface area contributed by atoms with Crippen molar-refractivity contribution in [2.45, 2.75) is 46.2 Å². The van der Waals surface area contributed by atoms with Gasteiger partial charge in [0.1, 0.15) is 6.54 Å². The van der Waals surface area contributed by atoms with Crippen molar-refractivity contribution in [2.75, 3.05) is 27.3 Å². The molecule has 1 aromatic carbocycles. The zero-order valence-corrected chi connectivity index (χ0v) is 17.4. The van der Waals surface area contributed by atoms with Crippen molar-refractivity contribution in [1.29, 1.82) is 0 Å². The van der Waals surface area contributed by atoms with Crippen molar-refractivity contribution in [2.24, 2.45) is 4.99 Å². The minimum absolute atomic E-state index is 0.347. The molecule has 1 N–H and O–H groups in total. The lowest BCUT2D eigenvalue weighted by Crippen LogP contribution is -2.44. The Labute approximate surface area is 166 Å². The van der Waals surface area contributed by atoms with Crippen LogP contribution in [0.5, 0.6) is 11.5 Å². The van der Waals surface area contributed by atoms with Gasteiger partial charge in [-0.1, -0.05) is 19.0 Å². The smallest absolute Gasteiger partial charge is 0.194 e. The molecule has 7 heteroatoms. The van der Waals surface area contributed by atoms with Gasteiger partial charge in [-0.2, -0.15) is 0 Å². The van der Waals surface area contributed by atoms with Crippen LogP contribution >= 0.6 is 0 Å². The van der Waals surface area contributed by atoms with Crippen molar-refractivity contribution in [1.82, 2.24) is 15.4 Å². The minimum Gasteiger partial charge on any atom is -0.493 e. The molecular weight excluding hydrogens is 356 g/mol. The number of hydrogen-bond donors (Lipinski definition) is 1. The average molecular weight is 386 g/mol. The van der Waals surface area contributed by atoms with Crippen molar-refractivity contribution < 1.29 is 14.0 Å². The van der Waals surface area contributed by atoms with Gasteiger partial charge < -0.3 is 24.2 Å². The second kappa shape index (κ2) is 8.99. The molecule has 28 heavy (non-hydrogen) atoms. The maximum Gasteiger partial charge on any atom is 0.194 e. The lowest BCUT2D eigenvalue weighted by molar-refractivity contribution is 0.345. The summed E-state index contributed by atoms with van der Waals surface area (Å²) in [6.07, 6.45) is 0.930. The number of nitrogens with one attached hydrogen (secondary N) is 1. The first kappa shape index (κ1) is 20.0. The summed E-state index contributed by atoms with van der Waals surface area (Å²) in [4.78, 5) is 7.03. The van der Waals surface area contributed by atoms with Crippen LogP contribution in [-0.4, -0.2) is 43.3 Å². The van der Waals surface area contributed by atoms with E-state index in [1.807, 2.05) is 6.07 Å². The number of fused-ring (bicyclic) bond motifs is 1. The molecule has 0 amide bonds. The highest BCUT2D eigenvalue weighted by Crippen LogP contribution is 2.33. The normalized spacial score (nSPS) is 14.2. The van der Waals surface area contributed by atoms with Crippen molar-refractivity contribution in [3.63, 3.8) is 0 Å². The average Bonchev–Trinajstić information content (AvgIpc) is 3.19. The molecule has 152 valence electrons. The molecular formula is C21H30N4O3. The molecule has 0 saturated carbocycles. The zero-order chi connectivity index (χ0) is 20.1. The minimum atomic E-state index is 0.347. The van der Waals surface area contributed by atoms with Gasteiger partial charge in [0.05, 0.1) is 19.9 Å². The molecule has 1 aliphatic heterocycles. The van der Waals surface area contributed by atoms with E-state index in [4.69, 9.17) is 19.0 Å². The van der Waals surface area contributed by atoms with Gasteiger partial charge in [-0.25, -0.2) is 4.99 Å². The van der Waals surface area contributed by atoms with Gasteiger partial charge in [0.2, 0.25) is 0 Å². The lowest BCUT2D eigenvalue weighted by Gasteiger charge is -2.32. The van der Waals surface area contributed by atoms with Crippen LogP contribution in [0.3, 0.4) is 0 Å². The second-order valence-electron chi connectivity index (χ2n) is 7.19. The quantitative estimate of drug-likeness (QED) is 0.606. The number of aliphatic imine (C=N–C) groups is 1. The number of rotatable bonds is 6. The number of hydrogen-bond acceptors (Lipinski definition) is 5. The monoisotopic (exact) mass is 386 g/mol. The molecule has 0 aliphatic carbocycles. The molecule has 7 nitrogen and oxygen atoms in total. The lowest BCUT2D eigenvalue weighted by atomic mass is 9.99. The van der Waals surface area contributed by atoms with Crippen LogP contribution in [-0.2, 0) is 19.5 Å². The van der Waals surface area contributed by atoms with Gasteiger partial charge >= 0.3 is 0 Å². The van der Waals surface area contributed by atoms with Crippen LogP contribution < -0.4 is 14.8 Å². The number of nitrogens with zero attached hydrogens (tertiary/aromatic N) is 3. The first-order valence-corrected chi connectivity index (χ1v) is 9.78. The summed E-state index contributed by atoms with van der Waals surface area (Å²) < 4.78 is 16.3. The third-order valence-corrected chi connectivity index (χ3v) is 4.91. The van der Waals surface area contributed by atoms with E-state index < -0.39 is 0 Å². The number of methoxy groups -OCH3 is 2. The summed E-state index contributed by atoms with van der Waals surface area (Å²) in [5.41, 5.74) is 3.49. The fraction of sp³-hybridized carbons (Fsp3) is 0.524. The fourth-order valence-electron chi connectivity index (χ4n) is 3.32. The van der Waals surface area contributed by atoms with Gasteiger partial charge in [-0.05, 0) is 42.5 Å². The van der Waals surface area contributed by atoms with E-state index in [1.54, 1.807) is 14.2 Å². The van der Waals surface area contributed by atoms with Gasteiger partial charge in [-0.3, -0.25) is 0 Å². The summed E-state index contributed by atoms with van der Waals surface area (Å²) >= 11 is 0. The predicted molar refractivity (Wildman–Crippen MR) is 109 cm³/mol. The topological polar surface area (TPSA) is 72.1 Å². The van der Waals surface area contributed by atoms with Gasteiger partial charge in [0.25, 0.3) is 0 Å². The Morgan fingerprint density at radius 1 is 1.21 bits per heavy atom. The van der Waals surface area contributed by atoms with Crippen LogP contribution in [0.1, 0.15) is 49.3 Å². The molecule has 2 aromatic rings. The molecule has 3 rings (SSSR count). The highest BCUT2D eigenvalue weighted by atomic mass is 16.5. The third kappa shape index (κ3) is 4.40. The highest BCUT2D eigenvalue weighted by molar-refractivity contribution is 5.80. The SMILES string of the molecule is CCNC(=NCc1cc(C(C)C)no1)N1CCc2cc(OC)c(OC)cc2C1. The summed E-state index contributed by atoms with van der Waals surface area (Å²) in [7, 11) is 3.34. The zero-order valence-electron chi connectivity index (χ0n) is 17.4. The Kier molecular flexibility index (Phi) is 6.44. The predicted octanol–water partition coefficient (Wildman–Crippen LogP) is 3.34. The van der Waals surface area contributed by atoms with Crippen LogP contribution in [0, 0.1) is 0 Å². The molecule has 0 fully saturated rings. The fourth-order valence-corrected chi connectivity index (χ4v) is 3.32. The Bertz CT molecular complexity index is 829. The summed E-state index contributed by atoms with van der Waals surface area (Å²) in [6.45, 7) is 9.22. The van der Waals surface area contributed by atoms with Crippen molar-refractivity contribution in [3.05, 3.63) is 40.8 Å². The highest BCUT2D eigenvalue weighted by Gasteiger charge is 2.22. The van der Waals surface area contributed by atoms with Gasteiger partial charge in [-0.15, -0.1) is 0 Å². The van der Waals surface area contributed by atoms with E-state index >= 15 is 0 Å². The summed E-state index contributed by atoms with van der Waals surface area (Å²) in [5, 5.41) is 7.51. The van der Waals surface area contributed by atoms with Crippen molar-refractivity contribution in [3.8, 4) is 11.5 Å². The summed E-state index contributed by atoms with van der Waals surface area (Å²) in [5.74, 6) is 3.54. The maximum absolute atomic E-state index is 5.46. The first-order valence-electron chi connectivity index (χ1n) is 9.78. The standard InChI is InChI=1S/C21H30N4O3/c1-6-22-21(23-12-17-11-18(14(2)3)24-28-17)25-8-7-15-9-19(26-4)20(27-5)10-16(15)13-25/h9-11,14H,6-8,12-13H2,1-5H3,(H,22,23).